The summed E-state index contributed by atoms with van der Waals surface area (Å²) in [6, 6.07) is 7.11. The predicted octanol–water partition coefficient (Wildman–Crippen LogP) is 3.16. The van der Waals surface area contributed by atoms with Gasteiger partial charge in [0.05, 0.1) is 42.8 Å². The Hall–Kier alpha value is -3.74. The van der Waals surface area contributed by atoms with Gasteiger partial charge in [0.15, 0.2) is 0 Å². The zero-order valence-electron chi connectivity index (χ0n) is 21.6. The molecule has 0 fully saturated rings. The molecule has 0 saturated heterocycles. The molecule has 11 nitrogen and oxygen atoms in total. The van der Waals surface area contributed by atoms with Crippen molar-refractivity contribution in [2.24, 2.45) is 0 Å². The average molecular weight is 544 g/mol. The number of thiophene rings is 1. The van der Waals surface area contributed by atoms with Crippen LogP contribution in [0, 0.1) is 6.92 Å². The second-order valence-electron chi connectivity index (χ2n) is 9.38. The number of aromatic nitrogens is 3. The van der Waals surface area contributed by atoms with Gasteiger partial charge in [0, 0.05) is 5.56 Å². The van der Waals surface area contributed by atoms with E-state index in [1.54, 1.807) is 38.1 Å². The van der Waals surface area contributed by atoms with Crippen LogP contribution in [-0.4, -0.2) is 50.1 Å². The molecule has 0 spiro atoms. The molecule has 0 aliphatic heterocycles. The number of hydrogen-bond donors (Lipinski definition) is 2. The van der Waals surface area contributed by atoms with Crippen molar-refractivity contribution in [1.82, 2.24) is 14.1 Å². The number of carbonyl (C=O) groups is 1. The Morgan fingerprint density at radius 3 is 2.58 bits per heavy atom. The molecule has 38 heavy (non-hydrogen) atoms. The molecule has 3 aromatic heterocycles. The summed E-state index contributed by atoms with van der Waals surface area (Å²) in [6.07, 6.45) is 1.30. The molecule has 4 rings (SSSR count). The average Bonchev–Trinajstić information content (AvgIpc) is 3.51. The van der Waals surface area contributed by atoms with Gasteiger partial charge in [-0.2, -0.15) is 0 Å². The normalized spacial score (nSPS) is 13.5. The molecule has 0 saturated carbocycles. The van der Waals surface area contributed by atoms with Crippen LogP contribution in [0.5, 0.6) is 5.75 Å². The van der Waals surface area contributed by atoms with Gasteiger partial charge in [0.2, 0.25) is 5.89 Å². The zero-order chi connectivity index (χ0) is 27.8. The fraction of sp³-hybridized carbons (Fsp3) is 0.385. The summed E-state index contributed by atoms with van der Waals surface area (Å²) in [5, 5.41) is 20.0. The lowest BCUT2D eigenvalue weighted by Crippen LogP contribution is -2.52. The van der Waals surface area contributed by atoms with E-state index in [1.807, 2.05) is 0 Å². The van der Waals surface area contributed by atoms with Crippen molar-refractivity contribution in [3.63, 3.8) is 0 Å². The van der Waals surface area contributed by atoms with Crippen LogP contribution < -0.4 is 16.0 Å². The first-order chi connectivity index (χ1) is 18.0. The maximum atomic E-state index is 13.9. The number of aliphatic hydroxyl groups is 1. The smallest absolute Gasteiger partial charge is 0.333 e. The van der Waals surface area contributed by atoms with Gasteiger partial charge in [0.1, 0.15) is 28.5 Å². The summed E-state index contributed by atoms with van der Waals surface area (Å²) < 4.78 is 19.1. The van der Waals surface area contributed by atoms with Crippen molar-refractivity contribution < 1.29 is 28.9 Å². The molecule has 2 atom stereocenters. The molecule has 202 valence electrons. The zero-order valence-corrected chi connectivity index (χ0v) is 22.4. The Labute approximate surface area is 221 Å². The first-order valence-corrected chi connectivity index (χ1v) is 12.7. The van der Waals surface area contributed by atoms with Crippen molar-refractivity contribution in [3.05, 3.63) is 68.7 Å². The van der Waals surface area contributed by atoms with Gasteiger partial charge < -0.3 is 24.1 Å². The second-order valence-corrected chi connectivity index (χ2v) is 10.4. The number of aliphatic carboxylic acids is 1. The van der Waals surface area contributed by atoms with Gasteiger partial charge >= 0.3 is 11.7 Å². The largest absolute Gasteiger partial charge is 0.496 e. The van der Waals surface area contributed by atoms with E-state index in [1.165, 1.54) is 38.0 Å². The van der Waals surface area contributed by atoms with Gasteiger partial charge in [-0.25, -0.2) is 19.1 Å². The van der Waals surface area contributed by atoms with E-state index < -0.39 is 35.0 Å². The van der Waals surface area contributed by atoms with Crippen LogP contribution in [0.15, 0.2) is 50.7 Å². The van der Waals surface area contributed by atoms with Crippen molar-refractivity contribution in [1.29, 1.82) is 0 Å². The third kappa shape index (κ3) is 4.77. The number of benzene rings is 1. The number of ether oxygens (including phenoxy) is 2. The first kappa shape index (κ1) is 27.3. The molecule has 3 heterocycles. The fourth-order valence-electron chi connectivity index (χ4n) is 4.23. The van der Waals surface area contributed by atoms with E-state index in [0.717, 1.165) is 15.9 Å². The minimum absolute atomic E-state index is 0.0358. The standard InChI is InChI=1S/C26H29N3O8S/c1-14(30)13-37-18(16-8-6-7-9-17(16)35-5)12-28-23-19(15(2)20(38-23)21-27-10-11-36-21)22(31)29(25(28)34)26(3,4)24(32)33/h6-11,14,18,30H,12-13H2,1-5H3,(H,32,33)/t14-,18-/m1/s1. The lowest BCUT2D eigenvalue weighted by atomic mass is 10.1. The first-order valence-electron chi connectivity index (χ1n) is 11.8. The van der Waals surface area contributed by atoms with Crippen LogP contribution >= 0.6 is 11.3 Å². The topological polar surface area (TPSA) is 146 Å². The summed E-state index contributed by atoms with van der Waals surface area (Å²) in [6.45, 7) is 5.74. The molecule has 0 amide bonds. The molecule has 4 aromatic rings. The molecule has 2 N–H and O–H groups in total. The van der Waals surface area contributed by atoms with Crippen LogP contribution in [0.3, 0.4) is 0 Å². The van der Waals surface area contributed by atoms with Crippen LogP contribution in [0.4, 0.5) is 0 Å². The molecular formula is C26H29N3O8S. The van der Waals surface area contributed by atoms with Gasteiger partial charge in [-0.05, 0) is 39.3 Å². The van der Waals surface area contributed by atoms with E-state index in [-0.39, 0.29) is 24.4 Å². The number of para-hydroxylation sites is 1. The van der Waals surface area contributed by atoms with E-state index in [2.05, 4.69) is 4.98 Å². The van der Waals surface area contributed by atoms with Gasteiger partial charge in [-0.15, -0.1) is 11.3 Å². The maximum Gasteiger partial charge on any atom is 0.333 e. The minimum Gasteiger partial charge on any atom is -0.496 e. The number of rotatable bonds is 10. The lowest BCUT2D eigenvalue weighted by molar-refractivity contribution is -0.146. The van der Waals surface area contributed by atoms with Crippen molar-refractivity contribution in [3.8, 4) is 16.5 Å². The minimum atomic E-state index is -1.85. The molecule has 1 aromatic carbocycles. The summed E-state index contributed by atoms with van der Waals surface area (Å²) >= 11 is 1.15. The quantitative estimate of drug-likeness (QED) is 0.308. The van der Waals surface area contributed by atoms with Crippen molar-refractivity contribution >= 4 is 27.5 Å². The van der Waals surface area contributed by atoms with Crippen LogP contribution in [0.1, 0.15) is 38.0 Å². The molecule has 0 aliphatic rings. The SMILES string of the molecule is COc1ccccc1[C@@H](Cn1c(=O)n(C(C)(C)C(=O)O)c(=O)c2c(C)c(-c3ncco3)sc21)OC[C@@H](C)O. The number of methoxy groups -OCH3 is 1. The Balaban J connectivity index is 2.03. The third-order valence-electron chi connectivity index (χ3n) is 6.29. The third-order valence-corrected chi connectivity index (χ3v) is 7.60. The van der Waals surface area contributed by atoms with E-state index in [4.69, 9.17) is 13.9 Å². The fourth-order valence-corrected chi connectivity index (χ4v) is 5.47. The number of aryl methyl sites for hydroxylation is 1. The predicted molar refractivity (Wildman–Crippen MR) is 141 cm³/mol. The number of fused-ring (bicyclic) bond motifs is 1. The summed E-state index contributed by atoms with van der Waals surface area (Å²) in [5.41, 5.74) is -2.25. The van der Waals surface area contributed by atoms with E-state index >= 15 is 0 Å². The summed E-state index contributed by atoms with van der Waals surface area (Å²) in [5.74, 6) is -0.553. The lowest BCUT2D eigenvalue weighted by Gasteiger charge is -2.26. The highest BCUT2D eigenvalue weighted by molar-refractivity contribution is 7.22. The number of oxazole rings is 1. The monoisotopic (exact) mass is 543 g/mol. The number of aliphatic hydroxyl groups excluding tert-OH is 1. The highest BCUT2D eigenvalue weighted by atomic mass is 32.1. The number of nitrogens with zero attached hydrogens (tertiary/aromatic N) is 3. The van der Waals surface area contributed by atoms with Crippen molar-refractivity contribution in [2.45, 2.75) is 52.0 Å². The maximum absolute atomic E-state index is 13.9. The highest BCUT2D eigenvalue weighted by Crippen LogP contribution is 2.37. The molecule has 0 bridgehead atoms. The highest BCUT2D eigenvalue weighted by Gasteiger charge is 2.36. The molecule has 0 aliphatic carbocycles. The second kappa shape index (κ2) is 10.6. The molecular weight excluding hydrogens is 514 g/mol. The van der Waals surface area contributed by atoms with E-state index in [9.17, 15) is 24.6 Å². The van der Waals surface area contributed by atoms with Crippen LogP contribution in [0.25, 0.3) is 21.0 Å². The molecule has 0 radical (unpaired) electrons. The Morgan fingerprint density at radius 1 is 1.26 bits per heavy atom. The molecule has 0 unspecified atom stereocenters. The Bertz CT molecular complexity index is 1580. The number of hydrogen-bond acceptors (Lipinski definition) is 9. The van der Waals surface area contributed by atoms with Gasteiger partial charge in [-0.1, -0.05) is 18.2 Å². The van der Waals surface area contributed by atoms with Crippen molar-refractivity contribution in [2.75, 3.05) is 13.7 Å². The van der Waals surface area contributed by atoms with Gasteiger partial charge in [-0.3, -0.25) is 9.36 Å². The van der Waals surface area contributed by atoms with Gasteiger partial charge in [0.25, 0.3) is 5.56 Å². The molecule has 12 heteroatoms. The van der Waals surface area contributed by atoms with E-state index in [0.29, 0.717) is 26.6 Å². The summed E-state index contributed by atoms with van der Waals surface area (Å²) in [7, 11) is 1.51. The number of carboxylic acid groups (broad SMARTS) is 1. The number of carboxylic acids is 1. The van der Waals surface area contributed by atoms with Crippen LogP contribution in [0.2, 0.25) is 0 Å². The van der Waals surface area contributed by atoms with Crippen LogP contribution in [-0.2, 0) is 21.6 Å². The Kier molecular flexibility index (Phi) is 7.58. The Morgan fingerprint density at radius 2 is 1.97 bits per heavy atom. The summed E-state index contributed by atoms with van der Waals surface area (Å²) in [4.78, 5) is 44.8.